The molecule has 6 nitrogen and oxygen atoms in total. The largest absolute Gasteiger partial charge is 0.497 e. The summed E-state index contributed by atoms with van der Waals surface area (Å²) >= 11 is 0. The van der Waals surface area contributed by atoms with Gasteiger partial charge in [-0.1, -0.05) is 0 Å². The highest BCUT2D eigenvalue weighted by atomic mass is 16.5. The summed E-state index contributed by atoms with van der Waals surface area (Å²) < 4.78 is 16.3. The molecule has 2 aromatic carbocycles. The third-order valence-electron chi connectivity index (χ3n) is 5.86. The van der Waals surface area contributed by atoms with E-state index in [9.17, 15) is 5.11 Å². The van der Waals surface area contributed by atoms with Crippen molar-refractivity contribution in [2.24, 2.45) is 0 Å². The maximum absolute atomic E-state index is 10.7. The van der Waals surface area contributed by atoms with Crippen LogP contribution in [-0.4, -0.2) is 50.1 Å². The second-order valence-electron chi connectivity index (χ2n) is 7.44. The van der Waals surface area contributed by atoms with Crippen molar-refractivity contribution in [3.63, 3.8) is 0 Å². The molecule has 1 aromatic heterocycles. The van der Waals surface area contributed by atoms with E-state index >= 15 is 0 Å². The van der Waals surface area contributed by atoms with E-state index in [1.807, 2.05) is 30.5 Å². The number of aromatic nitrogens is 1. The SMILES string of the molecule is COc1ccc2c(CCN[C@@H]3Cc4c(OC)ccc(OC)c4C[C@H]3O)c[nH]c2c1. The molecule has 1 aliphatic carbocycles. The Morgan fingerprint density at radius 1 is 1.00 bits per heavy atom. The van der Waals surface area contributed by atoms with Gasteiger partial charge < -0.3 is 29.6 Å². The van der Waals surface area contributed by atoms with E-state index in [0.717, 1.165) is 46.9 Å². The van der Waals surface area contributed by atoms with E-state index in [1.165, 1.54) is 10.9 Å². The summed E-state index contributed by atoms with van der Waals surface area (Å²) in [6, 6.07) is 9.90. The number of benzene rings is 2. The van der Waals surface area contributed by atoms with Gasteiger partial charge >= 0.3 is 0 Å². The Labute approximate surface area is 170 Å². The number of fused-ring (bicyclic) bond motifs is 2. The number of hydrogen-bond acceptors (Lipinski definition) is 5. The molecule has 2 atom stereocenters. The average Bonchev–Trinajstić information content (AvgIpc) is 3.15. The van der Waals surface area contributed by atoms with Gasteiger partial charge in [-0.05, 0) is 49.2 Å². The zero-order chi connectivity index (χ0) is 20.4. The summed E-state index contributed by atoms with van der Waals surface area (Å²) in [5.74, 6) is 2.51. The Hall–Kier alpha value is -2.70. The summed E-state index contributed by atoms with van der Waals surface area (Å²) in [5.41, 5.74) is 4.49. The van der Waals surface area contributed by atoms with Crippen LogP contribution < -0.4 is 19.5 Å². The maximum Gasteiger partial charge on any atom is 0.122 e. The van der Waals surface area contributed by atoms with Gasteiger partial charge in [-0.2, -0.15) is 0 Å². The first-order valence-electron chi connectivity index (χ1n) is 9.92. The number of rotatable bonds is 7. The molecule has 0 saturated heterocycles. The summed E-state index contributed by atoms with van der Waals surface area (Å²) in [5, 5.41) is 15.5. The van der Waals surface area contributed by atoms with Crippen LogP contribution in [0.4, 0.5) is 0 Å². The monoisotopic (exact) mass is 396 g/mol. The predicted molar refractivity (Wildman–Crippen MR) is 113 cm³/mol. The van der Waals surface area contributed by atoms with Crippen molar-refractivity contribution in [1.82, 2.24) is 10.3 Å². The van der Waals surface area contributed by atoms with Crippen LogP contribution in [0.5, 0.6) is 17.2 Å². The molecular formula is C23H28N2O4. The molecule has 154 valence electrons. The predicted octanol–water partition coefficient (Wildman–Crippen LogP) is 2.85. The van der Waals surface area contributed by atoms with Crippen LogP contribution in [0.2, 0.25) is 0 Å². The van der Waals surface area contributed by atoms with Crippen molar-refractivity contribution >= 4 is 10.9 Å². The lowest BCUT2D eigenvalue weighted by Gasteiger charge is -2.32. The first kappa shape index (κ1) is 19.6. The van der Waals surface area contributed by atoms with Crippen LogP contribution in [0.1, 0.15) is 16.7 Å². The van der Waals surface area contributed by atoms with Gasteiger partial charge in [-0.15, -0.1) is 0 Å². The summed E-state index contributed by atoms with van der Waals surface area (Å²) in [7, 11) is 5.02. The minimum Gasteiger partial charge on any atom is -0.497 e. The minimum atomic E-state index is -0.462. The van der Waals surface area contributed by atoms with E-state index in [-0.39, 0.29) is 6.04 Å². The Morgan fingerprint density at radius 3 is 2.41 bits per heavy atom. The molecule has 1 heterocycles. The molecule has 1 aliphatic rings. The number of aromatic amines is 1. The molecule has 0 fully saturated rings. The van der Waals surface area contributed by atoms with Gasteiger partial charge in [-0.3, -0.25) is 0 Å². The molecule has 0 amide bonds. The second-order valence-corrected chi connectivity index (χ2v) is 7.44. The number of ether oxygens (including phenoxy) is 3. The molecule has 0 bridgehead atoms. The Balaban J connectivity index is 1.45. The number of aliphatic hydroxyl groups excluding tert-OH is 1. The smallest absolute Gasteiger partial charge is 0.122 e. The lowest BCUT2D eigenvalue weighted by atomic mass is 9.85. The van der Waals surface area contributed by atoms with Crippen molar-refractivity contribution in [3.8, 4) is 17.2 Å². The molecule has 0 spiro atoms. The highest BCUT2D eigenvalue weighted by Gasteiger charge is 2.30. The summed E-state index contributed by atoms with van der Waals surface area (Å²) in [6.45, 7) is 0.780. The highest BCUT2D eigenvalue weighted by molar-refractivity contribution is 5.84. The molecular weight excluding hydrogens is 368 g/mol. The van der Waals surface area contributed by atoms with Gasteiger partial charge in [0.15, 0.2) is 0 Å². The molecule has 0 unspecified atom stereocenters. The maximum atomic E-state index is 10.7. The average molecular weight is 396 g/mol. The van der Waals surface area contributed by atoms with Gasteiger partial charge in [0, 0.05) is 46.8 Å². The topological polar surface area (TPSA) is 75.7 Å². The Bertz CT molecular complexity index is 998. The number of nitrogens with one attached hydrogen (secondary N) is 2. The van der Waals surface area contributed by atoms with E-state index in [4.69, 9.17) is 14.2 Å². The lowest BCUT2D eigenvalue weighted by Crippen LogP contribution is -2.46. The Kier molecular flexibility index (Phi) is 5.65. The fourth-order valence-corrected chi connectivity index (χ4v) is 4.29. The third-order valence-corrected chi connectivity index (χ3v) is 5.86. The fourth-order valence-electron chi connectivity index (χ4n) is 4.29. The molecule has 0 aliphatic heterocycles. The Morgan fingerprint density at radius 2 is 1.72 bits per heavy atom. The van der Waals surface area contributed by atoms with Crippen LogP contribution in [-0.2, 0) is 19.3 Å². The van der Waals surface area contributed by atoms with Crippen LogP contribution in [0, 0.1) is 0 Å². The molecule has 4 rings (SSSR count). The molecule has 3 N–H and O–H groups in total. The van der Waals surface area contributed by atoms with Crippen LogP contribution in [0.25, 0.3) is 10.9 Å². The van der Waals surface area contributed by atoms with Gasteiger partial charge in [0.05, 0.1) is 27.4 Å². The van der Waals surface area contributed by atoms with Gasteiger partial charge in [0.25, 0.3) is 0 Å². The van der Waals surface area contributed by atoms with E-state index < -0.39 is 6.10 Å². The molecule has 6 heteroatoms. The zero-order valence-electron chi connectivity index (χ0n) is 17.1. The van der Waals surface area contributed by atoms with E-state index in [1.54, 1.807) is 21.3 Å². The van der Waals surface area contributed by atoms with Gasteiger partial charge in [0.2, 0.25) is 0 Å². The van der Waals surface area contributed by atoms with E-state index in [2.05, 4.69) is 16.4 Å². The second kappa shape index (κ2) is 8.35. The summed E-state index contributed by atoms with van der Waals surface area (Å²) in [6.07, 6.45) is 3.72. The van der Waals surface area contributed by atoms with E-state index in [0.29, 0.717) is 12.8 Å². The zero-order valence-corrected chi connectivity index (χ0v) is 17.1. The quantitative estimate of drug-likeness (QED) is 0.573. The first-order valence-corrected chi connectivity index (χ1v) is 9.92. The lowest BCUT2D eigenvalue weighted by molar-refractivity contribution is 0.118. The van der Waals surface area contributed by atoms with Crippen molar-refractivity contribution in [2.75, 3.05) is 27.9 Å². The molecule has 3 aromatic rings. The van der Waals surface area contributed by atoms with Crippen molar-refractivity contribution < 1.29 is 19.3 Å². The van der Waals surface area contributed by atoms with Crippen molar-refractivity contribution in [1.29, 1.82) is 0 Å². The van der Waals surface area contributed by atoms with Crippen LogP contribution >= 0.6 is 0 Å². The third kappa shape index (κ3) is 3.78. The number of aliphatic hydroxyl groups is 1. The molecule has 0 radical (unpaired) electrons. The minimum absolute atomic E-state index is 0.0196. The number of methoxy groups -OCH3 is 3. The highest BCUT2D eigenvalue weighted by Crippen LogP contribution is 2.36. The fraction of sp³-hybridized carbons (Fsp3) is 0.391. The van der Waals surface area contributed by atoms with Gasteiger partial charge in [0.1, 0.15) is 17.2 Å². The summed E-state index contributed by atoms with van der Waals surface area (Å²) in [4.78, 5) is 3.31. The van der Waals surface area contributed by atoms with Crippen molar-refractivity contribution in [3.05, 3.63) is 53.2 Å². The van der Waals surface area contributed by atoms with Crippen LogP contribution in [0.3, 0.4) is 0 Å². The van der Waals surface area contributed by atoms with Gasteiger partial charge in [-0.25, -0.2) is 0 Å². The molecule has 0 saturated carbocycles. The van der Waals surface area contributed by atoms with Crippen LogP contribution in [0.15, 0.2) is 36.5 Å². The standard InChI is InChI=1S/C23H28N2O4/c1-27-15-4-5-16-14(13-25-19(16)10-15)8-9-24-20-11-17-18(12-21(20)26)23(29-3)7-6-22(17)28-2/h4-7,10,13,20-21,24-26H,8-9,11-12H2,1-3H3/t20-,21-/m1/s1. The first-order chi connectivity index (χ1) is 14.1. The number of hydrogen-bond donors (Lipinski definition) is 3. The number of H-pyrrole nitrogens is 1. The van der Waals surface area contributed by atoms with Crippen molar-refractivity contribution in [2.45, 2.75) is 31.4 Å². The normalized spacial score (nSPS) is 18.5. The molecule has 29 heavy (non-hydrogen) atoms.